The number of ether oxygens (including phenoxy) is 1. The SMILES string of the molecule is C[N+]12CC[C@]34c5ccccc5N[C@H]3[C@@H]3[C@H](CC(=O)O)OCC=C(C1)[C@@H]3C[C@@H]42. The number of carboxylic acids is 1. The molecule has 142 valence electrons. The largest absolute Gasteiger partial charge is 0.481 e. The Bertz CT molecular complexity index is 867. The van der Waals surface area contributed by atoms with Gasteiger partial charge in [0, 0.05) is 30.5 Å². The first kappa shape index (κ1) is 16.1. The van der Waals surface area contributed by atoms with Crippen LogP contribution >= 0.6 is 0 Å². The molecule has 4 aliphatic heterocycles. The van der Waals surface area contributed by atoms with E-state index in [-0.39, 0.29) is 29.9 Å². The third-order valence-electron chi connectivity index (χ3n) is 8.49. The highest BCUT2D eigenvalue weighted by Crippen LogP contribution is 2.64. The number of piperidine rings is 1. The van der Waals surface area contributed by atoms with Gasteiger partial charge in [-0.15, -0.1) is 0 Å². The van der Waals surface area contributed by atoms with Crippen molar-refractivity contribution in [2.45, 2.75) is 42.9 Å². The summed E-state index contributed by atoms with van der Waals surface area (Å²) >= 11 is 0. The first-order valence-electron chi connectivity index (χ1n) is 10.3. The average molecular weight is 367 g/mol. The summed E-state index contributed by atoms with van der Waals surface area (Å²) in [6, 6.07) is 9.67. The molecule has 1 spiro atoms. The van der Waals surface area contributed by atoms with E-state index in [0.29, 0.717) is 18.6 Å². The summed E-state index contributed by atoms with van der Waals surface area (Å²) in [6.45, 7) is 2.86. The summed E-state index contributed by atoms with van der Waals surface area (Å²) in [5, 5.41) is 13.4. The van der Waals surface area contributed by atoms with E-state index < -0.39 is 5.97 Å². The number of para-hydroxylation sites is 1. The van der Waals surface area contributed by atoms with Crippen LogP contribution in [-0.4, -0.2) is 60.5 Å². The van der Waals surface area contributed by atoms with Gasteiger partial charge in [0.25, 0.3) is 0 Å². The van der Waals surface area contributed by atoms with E-state index in [1.54, 1.807) is 0 Å². The Morgan fingerprint density at radius 1 is 1.41 bits per heavy atom. The maximum Gasteiger partial charge on any atom is 0.305 e. The molecule has 0 amide bonds. The molecule has 5 nitrogen and oxygen atoms in total. The van der Waals surface area contributed by atoms with E-state index in [2.05, 4.69) is 42.7 Å². The molecule has 1 saturated carbocycles. The number of rotatable bonds is 2. The average Bonchev–Trinajstić information content (AvgIpc) is 3.08. The van der Waals surface area contributed by atoms with E-state index in [9.17, 15) is 9.90 Å². The van der Waals surface area contributed by atoms with Crippen molar-refractivity contribution in [2.24, 2.45) is 11.8 Å². The smallest absolute Gasteiger partial charge is 0.305 e. The molecule has 27 heavy (non-hydrogen) atoms. The van der Waals surface area contributed by atoms with Crippen LogP contribution in [0.1, 0.15) is 24.8 Å². The fourth-order valence-electron chi connectivity index (χ4n) is 7.58. The number of benzene rings is 1. The minimum Gasteiger partial charge on any atom is -0.481 e. The molecule has 2 saturated heterocycles. The quantitative estimate of drug-likeness (QED) is 0.623. The van der Waals surface area contributed by atoms with E-state index in [1.807, 2.05) is 0 Å². The highest BCUT2D eigenvalue weighted by Gasteiger charge is 2.71. The summed E-state index contributed by atoms with van der Waals surface area (Å²) in [4.78, 5) is 11.6. The Labute approximate surface area is 159 Å². The maximum atomic E-state index is 11.6. The molecule has 4 heterocycles. The number of aliphatic carboxylic acids is 1. The molecule has 1 aromatic rings. The standard InChI is InChI=1S/C22H26N2O3/c1-24-8-7-22-15-4-2-3-5-16(15)23-21(22)20-14(10-18(22)24)13(12-24)6-9-27-17(20)11-19(25)26/h2-6,14,17-18,20-21,23H,7-12H2,1H3/p+1/t14-,17-,18-,20-,21-,22+,24?/m0/s1. The first-order chi connectivity index (χ1) is 13.0. The van der Waals surface area contributed by atoms with Gasteiger partial charge in [0.05, 0.1) is 38.1 Å². The molecule has 7 atom stereocenters. The predicted octanol–water partition coefficient (Wildman–Crippen LogP) is 2.39. The Hall–Kier alpha value is -1.85. The van der Waals surface area contributed by atoms with Crippen LogP contribution in [0.5, 0.6) is 0 Å². The lowest BCUT2D eigenvalue weighted by Gasteiger charge is -2.57. The maximum absolute atomic E-state index is 11.6. The third kappa shape index (κ3) is 1.89. The topological polar surface area (TPSA) is 58.6 Å². The van der Waals surface area contributed by atoms with Gasteiger partial charge in [-0.2, -0.15) is 0 Å². The highest BCUT2D eigenvalue weighted by molar-refractivity contribution is 5.68. The van der Waals surface area contributed by atoms with Gasteiger partial charge in [0.1, 0.15) is 12.6 Å². The van der Waals surface area contributed by atoms with Crippen LogP contribution < -0.4 is 5.32 Å². The van der Waals surface area contributed by atoms with Crippen LogP contribution in [0.25, 0.3) is 0 Å². The van der Waals surface area contributed by atoms with Gasteiger partial charge in [0.15, 0.2) is 0 Å². The van der Waals surface area contributed by atoms with Crippen molar-refractivity contribution in [3.63, 3.8) is 0 Å². The summed E-state index contributed by atoms with van der Waals surface area (Å²) in [5.41, 5.74) is 4.35. The van der Waals surface area contributed by atoms with Gasteiger partial charge >= 0.3 is 5.97 Å². The molecule has 6 rings (SSSR count). The van der Waals surface area contributed by atoms with E-state index in [4.69, 9.17) is 4.74 Å². The zero-order chi connectivity index (χ0) is 18.4. The van der Waals surface area contributed by atoms with Crippen molar-refractivity contribution in [2.75, 3.05) is 32.1 Å². The van der Waals surface area contributed by atoms with Crippen molar-refractivity contribution >= 4 is 11.7 Å². The molecule has 3 fully saturated rings. The van der Waals surface area contributed by atoms with Crippen LogP contribution in [0.2, 0.25) is 0 Å². The number of quaternary nitrogens is 1. The van der Waals surface area contributed by atoms with Gasteiger partial charge in [-0.25, -0.2) is 0 Å². The fourth-order valence-corrected chi connectivity index (χ4v) is 7.58. The van der Waals surface area contributed by atoms with Crippen LogP contribution in [0.4, 0.5) is 5.69 Å². The Morgan fingerprint density at radius 3 is 3.11 bits per heavy atom. The molecular formula is C22H27N2O3+. The van der Waals surface area contributed by atoms with E-state index in [1.165, 1.54) is 36.2 Å². The summed E-state index contributed by atoms with van der Waals surface area (Å²) in [6.07, 6.45) is 4.50. The van der Waals surface area contributed by atoms with E-state index >= 15 is 0 Å². The van der Waals surface area contributed by atoms with Crippen molar-refractivity contribution in [1.29, 1.82) is 0 Å². The number of likely N-dealkylation sites (N-methyl/N-ethyl adjacent to an activating group) is 1. The summed E-state index contributed by atoms with van der Waals surface area (Å²) < 4.78 is 7.30. The summed E-state index contributed by atoms with van der Waals surface area (Å²) in [5.74, 6) is -0.0746. The van der Waals surface area contributed by atoms with Crippen molar-refractivity contribution in [3.05, 3.63) is 41.5 Å². The lowest BCUT2D eigenvalue weighted by atomic mass is 9.54. The molecule has 5 heteroatoms. The minimum absolute atomic E-state index is 0.101. The molecular weight excluding hydrogens is 340 g/mol. The number of hydrogen-bond acceptors (Lipinski definition) is 3. The highest BCUT2D eigenvalue weighted by atomic mass is 16.5. The second kappa shape index (κ2) is 5.15. The number of fused-ring (bicyclic) bond motifs is 2. The van der Waals surface area contributed by atoms with Crippen LogP contribution in [0.3, 0.4) is 0 Å². The van der Waals surface area contributed by atoms with Gasteiger partial charge < -0.3 is 19.6 Å². The Morgan fingerprint density at radius 2 is 2.26 bits per heavy atom. The van der Waals surface area contributed by atoms with Crippen LogP contribution in [0, 0.1) is 11.8 Å². The zero-order valence-electron chi connectivity index (χ0n) is 15.7. The van der Waals surface area contributed by atoms with Crippen LogP contribution in [-0.2, 0) is 14.9 Å². The lowest BCUT2D eigenvalue weighted by Crippen LogP contribution is -2.68. The molecule has 1 aliphatic carbocycles. The number of carboxylic acid groups (broad SMARTS) is 1. The molecule has 0 radical (unpaired) electrons. The van der Waals surface area contributed by atoms with Gasteiger partial charge in [-0.1, -0.05) is 24.3 Å². The molecule has 0 aromatic heterocycles. The van der Waals surface area contributed by atoms with Crippen molar-refractivity contribution in [3.8, 4) is 0 Å². The van der Waals surface area contributed by atoms with Crippen molar-refractivity contribution < 1.29 is 19.1 Å². The third-order valence-corrected chi connectivity index (χ3v) is 8.49. The normalized spacial score (nSPS) is 46.0. The molecule has 2 bridgehead atoms. The number of carbonyl (C=O) groups is 1. The first-order valence-corrected chi connectivity index (χ1v) is 10.3. The van der Waals surface area contributed by atoms with Gasteiger partial charge in [0.2, 0.25) is 0 Å². The molecule has 5 aliphatic rings. The lowest BCUT2D eigenvalue weighted by molar-refractivity contribution is -0.924. The molecule has 1 unspecified atom stereocenters. The number of nitrogens with one attached hydrogen (secondary N) is 1. The number of anilines is 1. The predicted molar refractivity (Wildman–Crippen MR) is 102 cm³/mol. The summed E-state index contributed by atoms with van der Waals surface area (Å²) in [7, 11) is 2.44. The number of hydrogen-bond donors (Lipinski definition) is 2. The molecule has 2 N–H and O–H groups in total. The molecule has 1 aromatic carbocycles. The number of nitrogens with zero attached hydrogens (tertiary/aromatic N) is 1. The van der Waals surface area contributed by atoms with Gasteiger partial charge in [-0.05, 0) is 23.1 Å². The second-order valence-electron chi connectivity index (χ2n) is 9.50. The van der Waals surface area contributed by atoms with Crippen LogP contribution in [0.15, 0.2) is 35.9 Å². The van der Waals surface area contributed by atoms with E-state index in [0.717, 1.165) is 11.0 Å². The minimum atomic E-state index is -0.752. The fraction of sp³-hybridized carbons (Fsp3) is 0.591. The monoisotopic (exact) mass is 367 g/mol. The Kier molecular flexibility index (Phi) is 3.08. The Balaban J connectivity index is 1.55. The zero-order valence-corrected chi connectivity index (χ0v) is 15.7. The second-order valence-corrected chi connectivity index (χ2v) is 9.50. The van der Waals surface area contributed by atoms with Crippen molar-refractivity contribution in [1.82, 2.24) is 0 Å². The van der Waals surface area contributed by atoms with Gasteiger partial charge in [-0.3, -0.25) is 4.79 Å².